The molecule has 0 radical (unpaired) electrons. The molecule has 2 rings (SSSR count). The van der Waals surface area contributed by atoms with Gasteiger partial charge in [-0.1, -0.05) is 0 Å². The van der Waals surface area contributed by atoms with E-state index in [2.05, 4.69) is 32.4 Å². The summed E-state index contributed by atoms with van der Waals surface area (Å²) < 4.78 is 10.8. The number of rotatable bonds is 8. The molecule has 1 atom stereocenters. The van der Waals surface area contributed by atoms with E-state index in [-0.39, 0.29) is 24.0 Å². The van der Waals surface area contributed by atoms with Crippen molar-refractivity contribution >= 4 is 29.9 Å². The Kier molecular flexibility index (Phi) is 10.4. The number of guanidine groups is 1. The molecule has 1 aromatic rings. The zero-order valence-corrected chi connectivity index (χ0v) is 18.1. The van der Waals surface area contributed by atoms with Crippen LogP contribution in [-0.2, 0) is 11.3 Å². The van der Waals surface area contributed by atoms with E-state index in [9.17, 15) is 0 Å². The number of nitrogens with one attached hydrogen (secondary N) is 2. The molecule has 1 aliphatic rings. The lowest BCUT2D eigenvalue weighted by Gasteiger charge is -2.25. The zero-order chi connectivity index (χ0) is 17.4. The molecule has 1 saturated heterocycles. The van der Waals surface area contributed by atoms with Crippen LogP contribution in [0.2, 0.25) is 0 Å². The fourth-order valence-electron chi connectivity index (χ4n) is 2.94. The summed E-state index contributed by atoms with van der Waals surface area (Å²) in [6.07, 6.45) is 2.47. The van der Waals surface area contributed by atoms with E-state index in [1.165, 1.54) is 12.8 Å². The average Bonchev–Trinajstić information content (AvgIpc) is 3.14. The molecule has 1 fully saturated rings. The molecule has 0 spiro atoms. The maximum atomic E-state index is 5.59. The van der Waals surface area contributed by atoms with Crippen LogP contribution in [0.5, 0.6) is 0 Å². The number of hydrogen-bond donors (Lipinski definition) is 2. The predicted octanol–water partition coefficient (Wildman–Crippen LogP) is 2.08. The maximum Gasteiger partial charge on any atom is 0.216 e. The Bertz CT molecular complexity index is 516. The van der Waals surface area contributed by atoms with E-state index in [0.29, 0.717) is 18.5 Å². The van der Waals surface area contributed by atoms with Gasteiger partial charge < -0.3 is 19.8 Å². The van der Waals surface area contributed by atoms with Crippen LogP contribution >= 0.6 is 24.0 Å². The predicted molar refractivity (Wildman–Crippen MR) is 111 cm³/mol. The van der Waals surface area contributed by atoms with Crippen LogP contribution in [0, 0.1) is 13.8 Å². The van der Waals surface area contributed by atoms with Gasteiger partial charge in [0, 0.05) is 32.8 Å². The molecule has 0 saturated carbocycles. The van der Waals surface area contributed by atoms with Crippen molar-refractivity contribution in [1.29, 1.82) is 0 Å². The lowest BCUT2D eigenvalue weighted by molar-refractivity contribution is 0.141. The second kappa shape index (κ2) is 11.7. The van der Waals surface area contributed by atoms with Crippen LogP contribution in [-0.4, -0.2) is 61.8 Å². The zero-order valence-electron chi connectivity index (χ0n) is 15.8. The van der Waals surface area contributed by atoms with Crippen LogP contribution in [0.25, 0.3) is 0 Å². The van der Waals surface area contributed by atoms with Crippen molar-refractivity contribution in [2.45, 2.75) is 46.2 Å². The van der Waals surface area contributed by atoms with Gasteiger partial charge in [0.2, 0.25) is 5.89 Å². The van der Waals surface area contributed by atoms with Gasteiger partial charge in [-0.05, 0) is 40.2 Å². The van der Waals surface area contributed by atoms with E-state index < -0.39 is 0 Å². The van der Waals surface area contributed by atoms with Crippen molar-refractivity contribution in [3.8, 4) is 0 Å². The number of oxazole rings is 1. The first kappa shape index (κ1) is 22.2. The van der Waals surface area contributed by atoms with Crippen molar-refractivity contribution in [3.63, 3.8) is 0 Å². The number of aromatic nitrogens is 1. The highest BCUT2D eigenvalue weighted by atomic mass is 127. The number of halogens is 1. The lowest BCUT2D eigenvalue weighted by atomic mass is 10.2. The molecule has 0 aromatic carbocycles. The Morgan fingerprint density at radius 3 is 2.84 bits per heavy atom. The van der Waals surface area contributed by atoms with Crippen LogP contribution in [0.3, 0.4) is 0 Å². The van der Waals surface area contributed by atoms with Crippen molar-refractivity contribution in [1.82, 2.24) is 20.5 Å². The van der Waals surface area contributed by atoms with E-state index in [0.717, 1.165) is 50.2 Å². The van der Waals surface area contributed by atoms with Crippen LogP contribution in [0.15, 0.2) is 9.41 Å². The SMILES string of the molecule is CCNC(=NCc1nc(C)c(C)o1)NCC1CCCN1CCOC.I. The second-order valence-electron chi connectivity index (χ2n) is 6.15. The Balaban J connectivity index is 0.00000312. The van der Waals surface area contributed by atoms with Crippen molar-refractivity contribution in [2.24, 2.45) is 4.99 Å². The molecule has 0 aliphatic carbocycles. The van der Waals surface area contributed by atoms with Crippen molar-refractivity contribution in [2.75, 3.05) is 39.9 Å². The Hall–Kier alpha value is -0.870. The van der Waals surface area contributed by atoms with Gasteiger partial charge in [0.15, 0.2) is 5.96 Å². The number of hydrogen-bond acceptors (Lipinski definition) is 5. The minimum absolute atomic E-state index is 0. The molecule has 0 amide bonds. The summed E-state index contributed by atoms with van der Waals surface area (Å²) in [5, 5.41) is 6.73. The quantitative estimate of drug-likeness (QED) is 0.348. The highest BCUT2D eigenvalue weighted by Gasteiger charge is 2.23. The first-order valence-corrected chi connectivity index (χ1v) is 8.82. The number of aliphatic imine (C=N–C) groups is 1. The third kappa shape index (κ3) is 7.10. The minimum Gasteiger partial charge on any atom is -0.444 e. The van der Waals surface area contributed by atoms with Gasteiger partial charge in [-0.2, -0.15) is 0 Å². The van der Waals surface area contributed by atoms with Gasteiger partial charge in [-0.3, -0.25) is 4.90 Å². The average molecular weight is 465 g/mol. The monoisotopic (exact) mass is 465 g/mol. The summed E-state index contributed by atoms with van der Waals surface area (Å²) in [6, 6.07) is 0.537. The Labute approximate surface area is 168 Å². The number of ether oxygens (including phenoxy) is 1. The molecule has 1 aromatic heterocycles. The molecule has 2 N–H and O–H groups in total. The minimum atomic E-state index is 0. The van der Waals surface area contributed by atoms with Gasteiger partial charge in [0.1, 0.15) is 12.3 Å². The van der Waals surface area contributed by atoms with Crippen molar-refractivity contribution < 1.29 is 9.15 Å². The normalized spacial score (nSPS) is 18.2. The van der Waals surface area contributed by atoms with Crippen molar-refractivity contribution in [3.05, 3.63) is 17.3 Å². The van der Waals surface area contributed by atoms with Gasteiger partial charge >= 0.3 is 0 Å². The first-order valence-electron chi connectivity index (χ1n) is 8.82. The van der Waals surface area contributed by atoms with Gasteiger partial charge in [0.25, 0.3) is 0 Å². The third-order valence-electron chi connectivity index (χ3n) is 4.38. The molecule has 144 valence electrons. The highest BCUT2D eigenvalue weighted by Crippen LogP contribution is 2.15. The fourth-order valence-corrected chi connectivity index (χ4v) is 2.94. The van der Waals surface area contributed by atoms with E-state index >= 15 is 0 Å². The molecule has 0 bridgehead atoms. The summed E-state index contributed by atoms with van der Waals surface area (Å²) >= 11 is 0. The lowest BCUT2D eigenvalue weighted by Crippen LogP contribution is -2.45. The number of methoxy groups -OCH3 is 1. The topological polar surface area (TPSA) is 74.9 Å². The molecule has 8 heteroatoms. The van der Waals surface area contributed by atoms with Crippen LogP contribution < -0.4 is 10.6 Å². The third-order valence-corrected chi connectivity index (χ3v) is 4.38. The molecule has 1 unspecified atom stereocenters. The van der Waals surface area contributed by atoms with E-state index in [4.69, 9.17) is 9.15 Å². The summed E-state index contributed by atoms with van der Waals surface area (Å²) in [5.74, 6) is 2.33. The standard InChI is InChI=1S/C17H31N5O2.HI/c1-5-18-17(20-12-16-21-13(2)14(3)24-16)19-11-15-7-6-8-22(15)9-10-23-4;/h15H,5-12H2,1-4H3,(H2,18,19,20);1H. The molecular weight excluding hydrogens is 433 g/mol. The fraction of sp³-hybridized carbons (Fsp3) is 0.765. The molecule has 2 heterocycles. The van der Waals surface area contributed by atoms with E-state index in [1.54, 1.807) is 7.11 Å². The molecule has 25 heavy (non-hydrogen) atoms. The number of aryl methyl sites for hydroxylation is 2. The molecule has 1 aliphatic heterocycles. The van der Waals surface area contributed by atoms with Gasteiger partial charge in [-0.25, -0.2) is 9.98 Å². The Morgan fingerprint density at radius 2 is 2.20 bits per heavy atom. The smallest absolute Gasteiger partial charge is 0.216 e. The molecule has 7 nitrogen and oxygen atoms in total. The van der Waals surface area contributed by atoms with Gasteiger partial charge in [-0.15, -0.1) is 24.0 Å². The Morgan fingerprint density at radius 1 is 1.40 bits per heavy atom. The first-order chi connectivity index (χ1) is 11.6. The maximum absolute atomic E-state index is 5.59. The van der Waals surface area contributed by atoms with Gasteiger partial charge in [0.05, 0.1) is 12.3 Å². The van der Waals surface area contributed by atoms with E-state index in [1.807, 2.05) is 13.8 Å². The van der Waals surface area contributed by atoms with Crippen LogP contribution in [0.1, 0.15) is 37.1 Å². The largest absolute Gasteiger partial charge is 0.444 e. The van der Waals surface area contributed by atoms with Crippen LogP contribution in [0.4, 0.5) is 0 Å². The summed E-state index contributed by atoms with van der Waals surface area (Å²) in [7, 11) is 1.76. The number of likely N-dealkylation sites (tertiary alicyclic amines) is 1. The second-order valence-corrected chi connectivity index (χ2v) is 6.15. The highest BCUT2D eigenvalue weighted by molar-refractivity contribution is 14.0. The summed E-state index contributed by atoms with van der Waals surface area (Å²) in [5.41, 5.74) is 0.929. The molecular formula is C17H32IN5O2. The summed E-state index contributed by atoms with van der Waals surface area (Å²) in [6.45, 7) is 11.0. The number of nitrogens with zero attached hydrogens (tertiary/aromatic N) is 3. The summed E-state index contributed by atoms with van der Waals surface area (Å²) in [4.78, 5) is 11.4.